The van der Waals surface area contributed by atoms with Crippen LogP contribution in [0.3, 0.4) is 0 Å². The fraction of sp³-hybridized carbons (Fsp3) is 0.286. The van der Waals surface area contributed by atoms with Crippen molar-refractivity contribution in [2.75, 3.05) is 7.11 Å². The molecule has 0 aliphatic heterocycles. The molecule has 0 aliphatic carbocycles. The third-order valence-corrected chi connectivity index (χ3v) is 3.41. The van der Waals surface area contributed by atoms with Gasteiger partial charge in [0.1, 0.15) is 5.75 Å². The van der Waals surface area contributed by atoms with Gasteiger partial charge in [-0.2, -0.15) is 0 Å². The first kappa shape index (κ1) is 13.8. The van der Waals surface area contributed by atoms with Crippen molar-refractivity contribution in [2.45, 2.75) is 29.4 Å². The molecule has 4 nitrogen and oxygen atoms in total. The van der Waals surface area contributed by atoms with E-state index in [1.807, 2.05) is 43.6 Å². The van der Waals surface area contributed by atoms with Gasteiger partial charge < -0.3 is 10.5 Å². The van der Waals surface area contributed by atoms with Crippen LogP contribution in [0.4, 0.5) is 0 Å². The second-order valence-electron chi connectivity index (χ2n) is 4.33. The molecule has 0 fully saturated rings. The van der Waals surface area contributed by atoms with Gasteiger partial charge in [-0.15, -0.1) is 0 Å². The van der Waals surface area contributed by atoms with Gasteiger partial charge in [-0.05, 0) is 54.9 Å². The van der Waals surface area contributed by atoms with Crippen LogP contribution in [0.2, 0.25) is 0 Å². The summed E-state index contributed by atoms with van der Waals surface area (Å²) in [7, 11) is 1.66. The summed E-state index contributed by atoms with van der Waals surface area (Å²) in [6.07, 6.45) is 4.47. The number of benzene rings is 1. The Kier molecular flexibility index (Phi) is 4.76. The molecule has 0 aliphatic rings. The van der Waals surface area contributed by atoms with E-state index < -0.39 is 0 Å². The zero-order valence-electron chi connectivity index (χ0n) is 11.0. The summed E-state index contributed by atoms with van der Waals surface area (Å²) in [4.78, 5) is 9.75. The topological polar surface area (TPSA) is 61.0 Å². The van der Waals surface area contributed by atoms with Crippen LogP contribution in [0.1, 0.15) is 12.5 Å². The molecule has 19 heavy (non-hydrogen) atoms. The molecule has 2 N–H and O–H groups in total. The van der Waals surface area contributed by atoms with E-state index in [-0.39, 0.29) is 6.04 Å². The third kappa shape index (κ3) is 4.22. The highest BCUT2D eigenvalue weighted by atomic mass is 32.2. The second-order valence-corrected chi connectivity index (χ2v) is 5.37. The van der Waals surface area contributed by atoms with Gasteiger partial charge in [0, 0.05) is 23.3 Å². The van der Waals surface area contributed by atoms with E-state index in [9.17, 15) is 0 Å². The Hall–Kier alpha value is -1.59. The van der Waals surface area contributed by atoms with Gasteiger partial charge >= 0.3 is 0 Å². The van der Waals surface area contributed by atoms with Crippen molar-refractivity contribution in [3.05, 3.63) is 42.2 Å². The Bertz CT molecular complexity index is 511. The maximum absolute atomic E-state index is 5.74. The van der Waals surface area contributed by atoms with Gasteiger partial charge in [-0.3, -0.25) is 0 Å². The van der Waals surface area contributed by atoms with Gasteiger partial charge in [0.2, 0.25) is 0 Å². The smallest absolute Gasteiger partial charge is 0.192 e. The van der Waals surface area contributed by atoms with Gasteiger partial charge in [0.25, 0.3) is 0 Å². The first-order valence-electron chi connectivity index (χ1n) is 6.06. The predicted octanol–water partition coefficient (Wildman–Crippen LogP) is 2.53. The maximum Gasteiger partial charge on any atom is 0.192 e. The lowest BCUT2D eigenvalue weighted by Crippen LogP contribution is -2.17. The molecule has 1 heterocycles. The normalized spacial score (nSPS) is 12.2. The van der Waals surface area contributed by atoms with Crippen LogP contribution in [0, 0.1) is 0 Å². The summed E-state index contributed by atoms with van der Waals surface area (Å²) in [6.45, 7) is 1.97. The third-order valence-electron chi connectivity index (χ3n) is 2.51. The van der Waals surface area contributed by atoms with Crippen molar-refractivity contribution in [3.8, 4) is 5.75 Å². The molecule has 0 amide bonds. The number of hydrogen-bond acceptors (Lipinski definition) is 5. The minimum atomic E-state index is 0.128. The van der Waals surface area contributed by atoms with Crippen LogP contribution in [-0.4, -0.2) is 23.1 Å². The minimum absolute atomic E-state index is 0.128. The monoisotopic (exact) mass is 275 g/mol. The zero-order valence-corrected chi connectivity index (χ0v) is 11.9. The molecule has 0 saturated carbocycles. The molecule has 0 bridgehead atoms. The fourth-order valence-corrected chi connectivity index (χ4v) is 2.32. The molecule has 0 spiro atoms. The fourth-order valence-electron chi connectivity index (χ4n) is 1.62. The van der Waals surface area contributed by atoms with Crippen LogP contribution in [0.5, 0.6) is 5.75 Å². The van der Waals surface area contributed by atoms with E-state index in [0.29, 0.717) is 0 Å². The van der Waals surface area contributed by atoms with E-state index in [2.05, 4.69) is 9.97 Å². The van der Waals surface area contributed by atoms with E-state index in [1.165, 1.54) is 11.8 Å². The second kappa shape index (κ2) is 6.54. The average Bonchev–Trinajstić information content (AvgIpc) is 2.41. The lowest BCUT2D eigenvalue weighted by atomic mass is 10.1. The molecule has 2 rings (SSSR count). The van der Waals surface area contributed by atoms with Crippen LogP contribution in [0.15, 0.2) is 46.7 Å². The van der Waals surface area contributed by atoms with Crippen molar-refractivity contribution in [3.63, 3.8) is 0 Å². The van der Waals surface area contributed by atoms with E-state index in [1.54, 1.807) is 7.11 Å². The summed E-state index contributed by atoms with van der Waals surface area (Å²) in [5.41, 5.74) is 6.80. The molecule has 5 heteroatoms. The Morgan fingerprint density at radius 1 is 1.21 bits per heavy atom. The number of methoxy groups -OCH3 is 1. The van der Waals surface area contributed by atoms with E-state index in [4.69, 9.17) is 10.5 Å². The average molecular weight is 275 g/mol. The highest BCUT2D eigenvalue weighted by Crippen LogP contribution is 2.26. The van der Waals surface area contributed by atoms with Crippen LogP contribution < -0.4 is 10.5 Å². The molecule has 0 radical (unpaired) electrons. The minimum Gasteiger partial charge on any atom is -0.497 e. The largest absolute Gasteiger partial charge is 0.497 e. The zero-order chi connectivity index (χ0) is 13.7. The lowest BCUT2D eigenvalue weighted by Gasteiger charge is -2.05. The van der Waals surface area contributed by atoms with Crippen LogP contribution in [-0.2, 0) is 6.42 Å². The van der Waals surface area contributed by atoms with Crippen LogP contribution >= 0.6 is 11.8 Å². The SMILES string of the molecule is COc1ccc(Sc2ncc(CC(C)N)cn2)cc1. The summed E-state index contributed by atoms with van der Waals surface area (Å²) in [5, 5.41) is 0.735. The van der Waals surface area contributed by atoms with E-state index >= 15 is 0 Å². The number of aromatic nitrogens is 2. The molecular weight excluding hydrogens is 258 g/mol. The Labute approximate surface area is 117 Å². The molecule has 0 saturated heterocycles. The first-order chi connectivity index (χ1) is 9.17. The molecule has 1 aromatic heterocycles. The number of ether oxygens (including phenoxy) is 1. The number of rotatable bonds is 5. The Morgan fingerprint density at radius 2 is 1.84 bits per heavy atom. The first-order valence-corrected chi connectivity index (χ1v) is 6.87. The lowest BCUT2D eigenvalue weighted by molar-refractivity contribution is 0.414. The highest BCUT2D eigenvalue weighted by Gasteiger charge is 2.03. The quantitative estimate of drug-likeness (QED) is 0.850. The van der Waals surface area contributed by atoms with Crippen molar-refractivity contribution >= 4 is 11.8 Å². The number of nitrogens with two attached hydrogens (primary N) is 1. The standard InChI is InChI=1S/C14H17N3OS/c1-10(15)7-11-8-16-14(17-9-11)19-13-5-3-12(18-2)4-6-13/h3-6,8-10H,7,15H2,1-2H3. The van der Waals surface area contributed by atoms with Crippen molar-refractivity contribution in [1.82, 2.24) is 9.97 Å². The Balaban J connectivity index is 2.02. The van der Waals surface area contributed by atoms with Crippen molar-refractivity contribution in [1.29, 1.82) is 0 Å². The van der Waals surface area contributed by atoms with Gasteiger partial charge in [0.15, 0.2) is 5.16 Å². The predicted molar refractivity (Wildman–Crippen MR) is 76.5 cm³/mol. The summed E-state index contributed by atoms with van der Waals surface area (Å²) >= 11 is 1.53. The number of hydrogen-bond donors (Lipinski definition) is 1. The van der Waals surface area contributed by atoms with Gasteiger partial charge in [-0.1, -0.05) is 0 Å². The molecule has 1 atom stereocenters. The summed E-state index contributed by atoms with van der Waals surface area (Å²) in [5.74, 6) is 0.845. The van der Waals surface area contributed by atoms with Gasteiger partial charge in [-0.25, -0.2) is 9.97 Å². The molecule has 100 valence electrons. The van der Waals surface area contributed by atoms with Crippen molar-refractivity contribution < 1.29 is 4.74 Å². The van der Waals surface area contributed by atoms with E-state index in [0.717, 1.165) is 27.8 Å². The van der Waals surface area contributed by atoms with Gasteiger partial charge in [0.05, 0.1) is 7.11 Å². The Morgan fingerprint density at radius 3 is 2.37 bits per heavy atom. The van der Waals surface area contributed by atoms with Crippen LogP contribution in [0.25, 0.3) is 0 Å². The molecule has 1 aromatic carbocycles. The molecule has 1 unspecified atom stereocenters. The highest BCUT2D eigenvalue weighted by molar-refractivity contribution is 7.99. The summed E-state index contributed by atoms with van der Waals surface area (Å²) in [6, 6.07) is 7.95. The maximum atomic E-state index is 5.74. The molecular formula is C14H17N3OS. The summed E-state index contributed by atoms with van der Waals surface area (Å²) < 4.78 is 5.12. The number of nitrogens with zero attached hydrogens (tertiary/aromatic N) is 2. The molecule has 2 aromatic rings. The van der Waals surface area contributed by atoms with Crippen molar-refractivity contribution in [2.24, 2.45) is 5.73 Å².